The molecule has 0 atom stereocenters. The highest BCUT2D eigenvalue weighted by molar-refractivity contribution is 6.09. The fourth-order valence-electron chi connectivity index (χ4n) is 2.46. The van der Waals surface area contributed by atoms with Gasteiger partial charge in [0.25, 0.3) is 0 Å². The minimum absolute atomic E-state index is 0. The van der Waals surface area contributed by atoms with Gasteiger partial charge in [-0.25, -0.2) is 4.79 Å². The number of pyridine rings is 1. The van der Waals surface area contributed by atoms with Crippen molar-refractivity contribution in [2.45, 2.75) is 13.5 Å². The Kier molecular flexibility index (Phi) is 5.87. The Morgan fingerprint density at radius 2 is 1.96 bits per heavy atom. The smallest absolute Gasteiger partial charge is 0.372 e. The summed E-state index contributed by atoms with van der Waals surface area (Å²) in [7, 11) is 0. The van der Waals surface area contributed by atoms with Gasteiger partial charge in [-0.05, 0) is 25.1 Å². The second kappa shape index (κ2) is 7.88. The highest BCUT2D eigenvalue weighted by Crippen LogP contribution is 2.16. The van der Waals surface area contributed by atoms with Crippen LogP contribution < -0.4 is 21.5 Å². The molecule has 0 amide bonds. The van der Waals surface area contributed by atoms with Gasteiger partial charge in [0.1, 0.15) is 0 Å². The molecule has 0 aliphatic carbocycles. The maximum atomic E-state index is 12.6. The number of aromatic nitrogens is 2. The molecule has 24 heavy (non-hydrogen) atoms. The summed E-state index contributed by atoms with van der Waals surface area (Å²) in [5, 5.41) is 0.992. The topological polar surface area (TPSA) is 63.0 Å². The van der Waals surface area contributed by atoms with Crippen LogP contribution in [0.15, 0.2) is 54.9 Å². The summed E-state index contributed by atoms with van der Waals surface area (Å²) in [6.07, 6.45) is 3.39. The summed E-state index contributed by atoms with van der Waals surface area (Å²) in [5.41, 5.74) is 1.97. The monoisotopic (exact) mass is 388 g/mol. The largest absolute Gasteiger partial charge is 1.00 e. The molecule has 0 aliphatic rings. The number of hydrogen-bond acceptors (Lipinski definition) is 3. The van der Waals surface area contributed by atoms with Crippen molar-refractivity contribution in [3.05, 3.63) is 66.1 Å². The molecular formula is C18H17BrN2O3. The third-order valence-electron chi connectivity index (χ3n) is 3.51. The number of aromatic amines is 1. The Labute approximate surface area is 150 Å². The highest BCUT2D eigenvalue weighted by Gasteiger charge is 2.17. The molecule has 1 aromatic carbocycles. The van der Waals surface area contributed by atoms with Crippen molar-refractivity contribution >= 4 is 22.7 Å². The molecule has 5 nitrogen and oxygen atoms in total. The van der Waals surface area contributed by atoms with Crippen molar-refractivity contribution in [1.29, 1.82) is 0 Å². The quantitative estimate of drug-likeness (QED) is 0.355. The zero-order chi connectivity index (χ0) is 16.2. The van der Waals surface area contributed by atoms with Crippen molar-refractivity contribution in [2.75, 3.05) is 6.61 Å². The number of para-hydroxylation sites is 1. The van der Waals surface area contributed by atoms with E-state index in [1.54, 1.807) is 36.0 Å². The molecule has 6 heteroatoms. The third kappa shape index (κ3) is 3.89. The number of halogens is 1. The maximum absolute atomic E-state index is 12.6. The van der Waals surface area contributed by atoms with E-state index in [-0.39, 0.29) is 35.3 Å². The molecule has 0 unspecified atom stereocenters. The molecule has 3 rings (SSSR count). The van der Waals surface area contributed by atoms with E-state index >= 15 is 0 Å². The number of esters is 1. The van der Waals surface area contributed by atoms with Gasteiger partial charge in [-0.1, -0.05) is 18.2 Å². The van der Waals surface area contributed by atoms with Gasteiger partial charge < -0.3 is 26.7 Å². The molecule has 0 saturated carbocycles. The summed E-state index contributed by atoms with van der Waals surface area (Å²) in [4.78, 5) is 27.3. The van der Waals surface area contributed by atoms with Gasteiger partial charge in [-0.3, -0.25) is 4.79 Å². The van der Waals surface area contributed by atoms with Crippen LogP contribution in [0.3, 0.4) is 0 Å². The summed E-state index contributed by atoms with van der Waals surface area (Å²) < 4.78 is 6.57. The molecule has 0 aliphatic heterocycles. The van der Waals surface area contributed by atoms with Gasteiger partial charge in [0.15, 0.2) is 12.4 Å². The molecule has 0 spiro atoms. The van der Waals surface area contributed by atoms with E-state index in [4.69, 9.17) is 4.74 Å². The molecular weight excluding hydrogens is 372 g/mol. The lowest BCUT2D eigenvalue weighted by Gasteiger charge is -2.00. The molecule has 2 aromatic heterocycles. The molecule has 0 saturated heterocycles. The van der Waals surface area contributed by atoms with Crippen LogP contribution in [0.25, 0.3) is 10.9 Å². The second-order valence-corrected chi connectivity index (χ2v) is 5.17. The van der Waals surface area contributed by atoms with Crippen molar-refractivity contribution in [1.82, 2.24) is 4.98 Å². The summed E-state index contributed by atoms with van der Waals surface area (Å²) in [5.74, 6) is -0.438. The molecule has 0 bridgehead atoms. The summed E-state index contributed by atoms with van der Waals surface area (Å²) in [6.45, 7) is 2.19. The first-order chi connectivity index (χ1) is 11.2. The van der Waals surface area contributed by atoms with Gasteiger partial charge in [0, 0.05) is 17.0 Å². The lowest BCUT2D eigenvalue weighted by atomic mass is 10.1. The van der Waals surface area contributed by atoms with E-state index < -0.39 is 0 Å². The summed E-state index contributed by atoms with van der Waals surface area (Å²) in [6, 6.07) is 13.0. The molecule has 124 valence electrons. The number of benzene rings is 1. The first-order valence-corrected chi connectivity index (χ1v) is 7.44. The van der Waals surface area contributed by atoms with Crippen molar-refractivity contribution in [3.63, 3.8) is 0 Å². The van der Waals surface area contributed by atoms with Crippen LogP contribution in [0.1, 0.15) is 23.0 Å². The number of H-pyrrole nitrogens is 1. The van der Waals surface area contributed by atoms with E-state index in [9.17, 15) is 9.59 Å². The van der Waals surface area contributed by atoms with Gasteiger partial charge in [0.05, 0.1) is 17.9 Å². The maximum Gasteiger partial charge on any atom is 0.372 e. The number of ketones is 1. The van der Waals surface area contributed by atoms with Crippen LogP contribution in [0.2, 0.25) is 0 Å². The van der Waals surface area contributed by atoms with E-state index in [1.165, 1.54) is 0 Å². The standard InChI is InChI=1S/C18H16N2O3.BrH/c1-2-23-17(21)12-20-9-5-7-14(11-20)18(22)16-10-13-6-3-4-8-15(13)19-16;/h3-11H,2,12H2,1H3;1H. The molecule has 1 N–H and O–H groups in total. The average Bonchev–Trinajstić information content (AvgIpc) is 2.98. The fourth-order valence-corrected chi connectivity index (χ4v) is 2.46. The van der Waals surface area contributed by atoms with E-state index in [2.05, 4.69) is 4.98 Å². The van der Waals surface area contributed by atoms with E-state index in [1.807, 2.05) is 30.3 Å². The number of carbonyl (C=O) groups is 2. The lowest BCUT2D eigenvalue weighted by molar-refractivity contribution is -0.686. The first-order valence-electron chi connectivity index (χ1n) is 7.44. The molecule has 0 radical (unpaired) electrons. The number of rotatable bonds is 5. The van der Waals surface area contributed by atoms with Crippen LogP contribution in [-0.2, 0) is 16.1 Å². The van der Waals surface area contributed by atoms with Crippen LogP contribution >= 0.6 is 0 Å². The number of ether oxygens (including phenoxy) is 1. The molecule has 0 fully saturated rings. The normalized spacial score (nSPS) is 10.2. The van der Waals surface area contributed by atoms with Crippen LogP contribution in [-0.4, -0.2) is 23.3 Å². The number of hydrogen-bond donors (Lipinski definition) is 1. The Morgan fingerprint density at radius 1 is 1.17 bits per heavy atom. The van der Waals surface area contributed by atoms with Gasteiger partial charge in [-0.15, -0.1) is 0 Å². The van der Waals surface area contributed by atoms with Crippen molar-refractivity contribution in [2.24, 2.45) is 0 Å². The third-order valence-corrected chi connectivity index (χ3v) is 3.51. The predicted octanol–water partition coefficient (Wildman–Crippen LogP) is -0.746. The molecule has 2 heterocycles. The number of carbonyl (C=O) groups excluding carboxylic acids is 2. The van der Waals surface area contributed by atoms with Gasteiger partial charge in [-0.2, -0.15) is 4.57 Å². The Bertz CT molecular complexity index is 840. The highest BCUT2D eigenvalue weighted by atomic mass is 79.9. The Hall–Kier alpha value is -2.47. The van der Waals surface area contributed by atoms with Gasteiger partial charge >= 0.3 is 5.97 Å². The average molecular weight is 389 g/mol. The zero-order valence-electron chi connectivity index (χ0n) is 13.2. The SMILES string of the molecule is CCOC(=O)C[n+]1cccc(C(=O)c2cc3ccccc3[nH]2)c1.[Br-]. The van der Waals surface area contributed by atoms with E-state index in [0.717, 1.165) is 10.9 Å². The number of nitrogens with zero attached hydrogens (tertiary/aromatic N) is 1. The Balaban J connectivity index is 0.00000208. The second-order valence-electron chi connectivity index (χ2n) is 5.17. The van der Waals surface area contributed by atoms with Crippen LogP contribution in [0.5, 0.6) is 0 Å². The minimum Gasteiger partial charge on any atom is -1.00 e. The van der Waals surface area contributed by atoms with Crippen LogP contribution in [0.4, 0.5) is 0 Å². The fraction of sp³-hybridized carbons (Fsp3) is 0.167. The van der Waals surface area contributed by atoms with Gasteiger partial charge in [0.2, 0.25) is 12.3 Å². The molecule has 3 aromatic rings. The first kappa shape index (κ1) is 17.9. The van der Waals surface area contributed by atoms with Crippen LogP contribution in [0, 0.1) is 0 Å². The predicted molar refractivity (Wildman–Crippen MR) is 85.0 cm³/mol. The Morgan fingerprint density at radius 3 is 2.71 bits per heavy atom. The lowest BCUT2D eigenvalue weighted by Crippen LogP contribution is -3.00. The number of fused-ring (bicyclic) bond motifs is 1. The number of nitrogens with one attached hydrogen (secondary N) is 1. The van der Waals surface area contributed by atoms with Crippen molar-refractivity contribution < 1.29 is 35.9 Å². The van der Waals surface area contributed by atoms with Crippen molar-refractivity contribution in [3.8, 4) is 0 Å². The summed E-state index contributed by atoms with van der Waals surface area (Å²) >= 11 is 0. The van der Waals surface area contributed by atoms with E-state index in [0.29, 0.717) is 17.9 Å². The zero-order valence-corrected chi connectivity index (χ0v) is 14.7. The minimum atomic E-state index is -0.326.